The SMILES string of the molecule is c1ccc(Nc2ccc(NCCn3cncn3)c(-c3ccccc3)c2)cc1. The predicted octanol–water partition coefficient (Wildman–Crippen LogP) is 4.80. The third kappa shape index (κ3) is 4.33. The first-order valence-electron chi connectivity index (χ1n) is 8.96. The minimum absolute atomic E-state index is 0.762. The van der Waals surface area contributed by atoms with Crippen LogP contribution in [0.1, 0.15) is 0 Å². The van der Waals surface area contributed by atoms with Crippen LogP contribution in [0.5, 0.6) is 0 Å². The Hall–Kier alpha value is -3.60. The van der Waals surface area contributed by atoms with Crippen molar-refractivity contribution in [2.75, 3.05) is 17.2 Å². The zero-order valence-corrected chi connectivity index (χ0v) is 14.9. The minimum atomic E-state index is 0.762. The highest BCUT2D eigenvalue weighted by Gasteiger charge is 2.07. The van der Waals surface area contributed by atoms with E-state index in [1.165, 1.54) is 5.56 Å². The molecule has 27 heavy (non-hydrogen) atoms. The topological polar surface area (TPSA) is 54.8 Å². The van der Waals surface area contributed by atoms with Gasteiger partial charge in [0.2, 0.25) is 0 Å². The molecule has 0 atom stereocenters. The van der Waals surface area contributed by atoms with E-state index in [9.17, 15) is 0 Å². The standard InChI is InChI=1S/C22H21N5/c1-3-7-18(8-4-1)21-15-20(26-19-9-5-2-6-10-19)11-12-22(21)24-13-14-27-17-23-16-25-27/h1-12,15-17,24,26H,13-14H2. The first-order chi connectivity index (χ1) is 13.4. The van der Waals surface area contributed by atoms with Crippen LogP contribution in [0.4, 0.5) is 17.1 Å². The minimum Gasteiger partial charge on any atom is -0.383 e. The summed E-state index contributed by atoms with van der Waals surface area (Å²) in [6.07, 6.45) is 3.28. The van der Waals surface area contributed by atoms with Crippen LogP contribution in [-0.4, -0.2) is 21.3 Å². The van der Waals surface area contributed by atoms with Gasteiger partial charge in [0.15, 0.2) is 0 Å². The first kappa shape index (κ1) is 16.8. The lowest BCUT2D eigenvalue weighted by Gasteiger charge is -2.15. The molecule has 1 heterocycles. The molecule has 5 heteroatoms. The predicted molar refractivity (Wildman–Crippen MR) is 110 cm³/mol. The summed E-state index contributed by atoms with van der Waals surface area (Å²) in [6.45, 7) is 1.53. The van der Waals surface area contributed by atoms with Crippen molar-refractivity contribution >= 4 is 17.1 Å². The Bertz CT molecular complexity index is 966. The maximum absolute atomic E-state index is 4.14. The number of nitrogens with one attached hydrogen (secondary N) is 2. The monoisotopic (exact) mass is 355 g/mol. The summed E-state index contributed by atoms with van der Waals surface area (Å²) < 4.78 is 1.82. The molecule has 0 bridgehead atoms. The third-order valence-corrected chi connectivity index (χ3v) is 4.29. The van der Waals surface area contributed by atoms with Gasteiger partial charge in [0.25, 0.3) is 0 Å². The largest absolute Gasteiger partial charge is 0.383 e. The Morgan fingerprint density at radius 3 is 2.33 bits per heavy atom. The summed E-state index contributed by atoms with van der Waals surface area (Å²) in [7, 11) is 0. The maximum atomic E-state index is 4.14. The molecule has 0 unspecified atom stereocenters. The number of hydrogen-bond acceptors (Lipinski definition) is 4. The zero-order chi connectivity index (χ0) is 18.3. The molecule has 4 rings (SSSR count). The van der Waals surface area contributed by atoms with Crippen LogP contribution in [0.25, 0.3) is 11.1 Å². The van der Waals surface area contributed by atoms with Crippen LogP contribution in [0.15, 0.2) is 91.5 Å². The number of para-hydroxylation sites is 1. The van der Waals surface area contributed by atoms with E-state index in [0.29, 0.717) is 0 Å². The van der Waals surface area contributed by atoms with E-state index in [-0.39, 0.29) is 0 Å². The fourth-order valence-corrected chi connectivity index (χ4v) is 2.97. The van der Waals surface area contributed by atoms with E-state index < -0.39 is 0 Å². The van der Waals surface area contributed by atoms with Crippen molar-refractivity contribution in [3.05, 3.63) is 91.5 Å². The van der Waals surface area contributed by atoms with E-state index >= 15 is 0 Å². The van der Waals surface area contributed by atoms with Crippen LogP contribution in [0.2, 0.25) is 0 Å². The molecule has 4 aromatic rings. The summed E-state index contributed by atoms with van der Waals surface area (Å²) in [6, 6.07) is 27.0. The lowest BCUT2D eigenvalue weighted by molar-refractivity contribution is 0.636. The second-order valence-electron chi connectivity index (χ2n) is 6.20. The molecule has 134 valence electrons. The van der Waals surface area contributed by atoms with Gasteiger partial charge in [-0.2, -0.15) is 5.10 Å². The van der Waals surface area contributed by atoms with E-state index in [2.05, 4.69) is 75.3 Å². The number of anilines is 3. The lowest BCUT2D eigenvalue weighted by Crippen LogP contribution is -2.11. The van der Waals surface area contributed by atoms with Gasteiger partial charge < -0.3 is 10.6 Å². The Kier molecular flexibility index (Phi) is 5.11. The quantitative estimate of drug-likeness (QED) is 0.500. The van der Waals surface area contributed by atoms with Gasteiger partial charge in [-0.25, -0.2) is 4.98 Å². The van der Waals surface area contributed by atoms with Gasteiger partial charge in [-0.15, -0.1) is 0 Å². The van der Waals surface area contributed by atoms with Crippen LogP contribution >= 0.6 is 0 Å². The number of hydrogen-bond donors (Lipinski definition) is 2. The lowest BCUT2D eigenvalue weighted by atomic mass is 10.0. The highest BCUT2D eigenvalue weighted by atomic mass is 15.3. The molecule has 0 radical (unpaired) electrons. The fraction of sp³-hybridized carbons (Fsp3) is 0.0909. The molecule has 0 aliphatic rings. The number of benzene rings is 3. The van der Waals surface area contributed by atoms with Crippen molar-refractivity contribution in [1.29, 1.82) is 0 Å². The molecule has 0 aliphatic carbocycles. The van der Waals surface area contributed by atoms with Gasteiger partial charge in [-0.1, -0.05) is 48.5 Å². The van der Waals surface area contributed by atoms with E-state index in [1.807, 2.05) is 28.9 Å². The molecule has 0 fully saturated rings. The Morgan fingerprint density at radius 1 is 0.815 bits per heavy atom. The second-order valence-corrected chi connectivity index (χ2v) is 6.20. The van der Waals surface area contributed by atoms with Crippen molar-refractivity contribution in [2.24, 2.45) is 0 Å². The molecule has 3 aromatic carbocycles. The smallest absolute Gasteiger partial charge is 0.137 e. The normalized spacial score (nSPS) is 10.5. The Morgan fingerprint density at radius 2 is 1.59 bits per heavy atom. The van der Waals surface area contributed by atoms with Gasteiger partial charge >= 0.3 is 0 Å². The molecule has 0 saturated carbocycles. The van der Waals surface area contributed by atoms with E-state index in [0.717, 1.165) is 35.7 Å². The third-order valence-electron chi connectivity index (χ3n) is 4.29. The number of aromatic nitrogens is 3. The highest BCUT2D eigenvalue weighted by Crippen LogP contribution is 2.32. The average molecular weight is 355 g/mol. The second kappa shape index (κ2) is 8.19. The van der Waals surface area contributed by atoms with Crippen molar-refractivity contribution in [1.82, 2.24) is 14.8 Å². The van der Waals surface area contributed by atoms with Gasteiger partial charge in [0, 0.05) is 29.2 Å². The van der Waals surface area contributed by atoms with E-state index in [4.69, 9.17) is 0 Å². The van der Waals surface area contributed by atoms with E-state index in [1.54, 1.807) is 12.7 Å². The molecule has 0 saturated heterocycles. The van der Waals surface area contributed by atoms with Crippen LogP contribution in [0.3, 0.4) is 0 Å². The van der Waals surface area contributed by atoms with Crippen molar-refractivity contribution < 1.29 is 0 Å². The first-order valence-corrected chi connectivity index (χ1v) is 8.96. The molecular weight excluding hydrogens is 334 g/mol. The summed E-state index contributed by atoms with van der Waals surface area (Å²) in [5, 5.41) is 11.1. The fourth-order valence-electron chi connectivity index (χ4n) is 2.97. The molecule has 5 nitrogen and oxygen atoms in total. The molecule has 2 N–H and O–H groups in total. The Labute approximate surface area is 158 Å². The van der Waals surface area contributed by atoms with Crippen molar-refractivity contribution in [3.63, 3.8) is 0 Å². The molecule has 1 aromatic heterocycles. The maximum Gasteiger partial charge on any atom is 0.137 e. The van der Waals surface area contributed by atoms with Crippen LogP contribution in [0, 0.1) is 0 Å². The average Bonchev–Trinajstić information content (AvgIpc) is 3.24. The van der Waals surface area contributed by atoms with Crippen LogP contribution in [-0.2, 0) is 6.54 Å². The van der Waals surface area contributed by atoms with Gasteiger partial charge in [-0.05, 0) is 35.9 Å². The van der Waals surface area contributed by atoms with Crippen LogP contribution < -0.4 is 10.6 Å². The number of rotatable bonds is 7. The molecule has 0 amide bonds. The summed E-state index contributed by atoms with van der Waals surface area (Å²) in [5.41, 5.74) is 5.57. The molecular formula is C22H21N5. The van der Waals surface area contributed by atoms with Gasteiger partial charge in [0.05, 0.1) is 6.54 Å². The summed E-state index contributed by atoms with van der Waals surface area (Å²) >= 11 is 0. The summed E-state index contributed by atoms with van der Waals surface area (Å²) in [4.78, 5) is 3.98. The van der Waals surface area contributed by atoms with Crippen molar-refractivity contribution in [3.8, 4) is 11.1 Å². The summed E-state index contributed by atoms with van der Waals surface area (Å²) in [5.74, 6) is 0. The van der Waals surface area contributed by atoms with Crippen molar-refractivity contribution in [2.45, 2.75) is 6.54 Å². The Balaban J connectivity index is 1.57. The number of nitrogens with zero attached hydrogens (tertiary/aromatic N) is 3. The highest BCUT2D eigenvalue weighted by molar-refractivity contribution is 5.82. The van der Waals surface area contributed by atoms with Gasteiger partial charge in [-0.3, -0.25) is 4.68 Å². The zero-order valence-electron chi connectivity index (χ0n) is 14.9. The molecule has 0 aliphatic heterocycles. The van der Waals surface area contributed by atoms with Gasteiger partial charge in [0.1, 0.15) is 12.7 Å². The molecule has 0 spiro atoms.